The Morgan fingerprint density at radius 1 is 1.58 bits per heavy atom. The number of halogens is 2. The summed E-state index contributed by atoms with van der Waals surface area (Å²) in [6, 6.07) is 0. The Bertz CT molecular complexity index is 128. The zero-order valence-electron chi connectivity index (χ0n) is 7.19. The quantitative estimate of drug-likeness (QED) is 0.500. The minimum atomic E-state index is -0.404. The van der Waals surface area contributed by atoms with Crippen molar-refractivity contribution in [2.24, 2.45) is 0 Å². The van der Waals surface area contributed by atoms with Crippen molar-refractivity contribution in [2.45, 2.75) is 31.6 Å². The Morgan fingerprint density at radius 2 is 2.25 bits per heavy atom. The van der Waals surface area contributed by atoms with Crippen molar-refractivity contribution < 1.29 is 9.53 Å². The van der Waals surface area contributed by atoms with Crippen LogP contribution < -0.4 is 0 Å². The summed E-state index contributed by atoms with van der Waals surface area (Å²) in [5.74, 6) is -0.504. The fourth-order valence-electron chi connectivity index (χ4n) is 0.731. The molecule has 0 aliphatic heterocycles. The summed E-state index contributed by atoms with van der Waals surface area (Å²) in [5.41, 5.74) is 0. The van der Waals surface area contributed by atoms with Crippen molar-refractivity contribution in [3.8, 4) is 0 Å². The van der Waals surface area contributed by atoms with Crippen LogP contribution in [0.25, 0.3) is 0 Å². The van der Waals surface area contributed by atoms with Gasteiger partial charge in [-0.1, -0.05) is 19.8 Å². The van der Waals surface area contributed by atoms with E-state index in [2.05, 4.69) is 6.92 Å². The summed E-state index contributed by atoms with van der Waals surface area (Å²) in [7, 11) is 0. The SMILES string of the molecule is CCCCC(Cl)COC(=O)CCl. The number of hydrogen-bond acceptors (Lipinski definition) is 2. The normalized spacial score (nSPS) is 12.6. The van der Waals surface area contributed by atoms with Gasteiger partial charge in [0.2, 0.25) is 0 Å². The first kappa shape index (κ1) is 12.0. The Balaban J connectivity index is 3.30. The van der Waals surface area contributed by atoms with Gasteiger partial charge in [-0.2, -0.15) is 0 Å². The molecule has 0 aromatic carbocycles. The van der Waals surface area contributed by atoms with Crippen LogP contribution in [0.1, 0.15) is 26.2 Å². The van der Waals surface area contributed by atoms with Crippen LogP contribution in [-0.4, -0.2) is 23.8 Å². The molecule has 0 fully saturated rings. The van der Waals surface area contributed by atoms with Crippen LogP contribution in [0.5, 0.6) is 0 Å². The summed E-state index contributed by atoms with van der Waals surface area (Å²) in [4.78, 5) is 10.6. The molecule has 0 aromatic heterocycles. The summed E-state index contributed by atoms with van der Waals surface area (Å²) in [6.07, 6.45) is 3.05. The first-order chi connectivity index (χ1) is 5.70. The maximum absolute atomic E-state index is 10.6. The third-order valence-corrected chi connectivity index (χ3v) is 1.97. The van der Waals surface area contributed by atoms with E-state index in [-0.39, 0.29) is 17.9 Å². The summed E-state index contributed by atoms with van der Waals surface area (Å²) >= 11 is 11.1. The molecular formula is C8H14Cl2O2. The highest BCUT2D eigenvalue weighted by atomic mass is 35.5. The van der Waals surface area contributed by atoms with Gasteiger partial charge in [-0.3, -0.25) is 4.79 Å². The molecule has 72 valence electrons. The number of esters is 1. The number of hydrogen-bond donors (Lipinski definition) is 0. The molecule has 0 aromatic rings. The molecule has 0 heterocycles. The van der Waals surface area contributed by atoms with Crippen LogP contribution in [0, 0.1) is 0 Å². The average molecular weight is 213 g/mol. The molecule has 1 unspecified atom stereocenters. The second kappa shape index (κ2) is 7.69. The summed E-state index contributed by atoms with van der Waals surface area (Å²) in [5, 5.41) is -0.0721. The molecule has 0 rings (SSSR count). The smallest absolute Gasteiger partial charge is 0.320 e. The third-order valence-electron chi connectivity index (χ3n) is 1.41. The third kappa shape index (κ3) is 6.74. The van der Waals surface area contributed by atoms with Gasteiger partial charge < -0.3 is 4.74 Å². The van der Waals surface area contributed by atoms with E-state index in [1.54, 1.807) is 0 Å². The Morgan fingerprint density at radius 3 is 2.75 bits per heavy atom. The molecule has 2 nitrogen and oxygen atoms in total. The van der Waals surface area contributed by atoms with Crippen molar-refractivity contribution in [2.75, 3.05) is 12.5 Å². The van der Waals surface area contributed by atoms with Crippen LogP contribution in [0.15, 0.2) is 0 Å². The monoisotopic (exact) mass is 212 g/mol. The van der Waals surface area contributed by atoms with Gasteiger partial charge in [-0.05, 0) is 6.42 Å². The van der Waals surface area contributed by atoms with Crippen LogP contribution in [0.2, 0.25) is 0 Å². The molecule has 0 saturated heterocycles. The van der Waals surface area contributed by atoms with Crippen molar-refractivity contribution in [3.63, 3.8) is 0 Å². The topological polar surface area (TPSA) is 26.3 Å². The number of carbonyl (C=O) groups excluding carboxylic acids is 1. The minimum absolute atomic E-state index is 0.0721. The Labute approximate surface area is 83.2 Å². The average Bonchev–Trinajstić information content (AvgIpc) is 2.10. The molecule has 0 spiro atoms. The molecule has 0 radical (unpaired) electrons. The van der Waals surface area contributed by atoms with E-state index >= 15 is 0 Å². The van der Waals surface area contributed by atoms with Crippen molar-refractivity contribution in [1.29, 1.82) is 0 Å². The fraction of sp³-hybridized carbons (Fsp3) is 0.875. The van der Waals surface area contributed by atoms with Gasteiger partial charge in [-0.25, -0.2) is 0 Å². The molecule has 4 heteroatoms. The predicted octanol–water partition coefficient (Wildman–Crippen LogP) is 2.57. The zero-order valence-corrected chi connectivity index (χ0v) is 8.70. The molecule has 0 N–H and O–H groups in total. The second-order valence-corrected chi connectivity index (χ2v) is 3.44. The highest BCUT2D eigenvalue weighted by molar-refractivity contribution is 6.26. The van der Waals surface area contributed by atoms with Gasteiger partial charge in [0.15, 0.2) is 0 Å². The first-order valence-corrected chi connectivity index (χ1v) is 5.03. The Kier molecular flexibility index (Phi) is 7.72. The fourth-order valence-corrected chi connectivity index (χ4v) is 1.03. The van der Waals surface area contributed by atoms with E-state index in [0.717, 1.165) is 19.3 Å². The second-order valence-electron chi connectivity index (χ2n) is 2.56. The van der Waals surface area contributed by atoms with Crippen molar-refractivity contribution in [1.82, 2.24) is 0 Å². The standard InChI is InChI=1S/C8H14Cl2O2/c1-2-3-4-7(10)6-12-8(11)5-9/h7H,2-6H2,1H3. The maximum Gasteiger partial charge on any atom is 0.320 e. The molecule has 12 heavy (non-hydrogen) atoms. The van der Waals surface area contributed by atoms with E-state index in [4.69, 9.17) is 27.9 Å². The van der Waals surface area contributed by atoms with Crippen LogP contribution >= 0.6 is 23.2 Å². The molecule has 1 atom stereocenters. The molecular weight excluding hydrogens is 199 g/mol. The molecule has 0 saturated carbocycles. The zero-order chi connectivity index (χ0) is 9.40. The van der Waals surface area contributed by atoms with Crippen LogP contribution in [-0.2, 0) is 9.53 Å². The highest BCUT2D eigenvalue weighted by Crippen LogP contribution is 2.07. The molecule has 0 aliphatic rings. The van der Waals surface area contributed by atoms with E-state index in [1.165, 1.54) is 0 Å². The Hall–Kier alpha value is 0.0500. The molecule has 0 amide bonds. The molecule has 0 aliphatic carbocycles. The summed E-state index contributed by atoms with van der Waals surface area (Å²) in [6.45, 7) is 2.36. The maximum atomic E-state index is 10.6. The lowest BCUT2D eigenvalue weighted by molar-refractivity contribution is -0.140. The van der Waals surface area contributed by atoms with Crippen molar-refractivity contribution in [3.05, 3.63) is 0 Å². The van der Waals surface area contributed by atoms with Gasteiger partial charge in [0.25, 0.3) is 0 Å². The largest absolute Gasteiger partial charge is 0.463 e. The van der Waals surface area contributed by atoms with Gasteiger partial charge in [-0.15, -0.1) is 23.2 Å². The minimum Gasteiger partial charge on any atom is -0.463 e. The van der Waals surface area contributed by atoms with E-state index < -0.39 is 5.97 Å². The van der Waals surface area contributed by atoms with Gasteiger partial charge in [0.05, 0.1) is 5.38 Å². The number of carbonyl (C=O) groups is 1. The lowest BCUT2D eigenvalue weighted by Crippen LogP contribution is -2.14. The van der Waals surface area contributed by atoms with Crippen molar-refractivity contribution >= 4 is 29.2 Å². The highest BCUT2D eigenvalue weighted by Gasteiger charge is 2.07. The van der Waals surface area contributed by atoms with E-state index in [9.17, 15) is 4.79 Å². The lowest BCUT2D eigenvalue weighted by Gasteiger charge is -2.08. The van der Waals surface area contributed by atoms with Crippen LogP contribution in [0.3, 0.4) is 0 Å². The van der Waals surface area contributed by atoms with Gasteiger partial charge in [0, 0.05) is 0 Å². The number of unbranched alkanes of at least 4 members (excludes halogenated alkanes) is 1. The number of rotatable bonds is 6. The van der Waals surface area contributed by atoms with Crippen LogP contribution in [0.4, 0.5) is 0 Å². The predicted molar refractivity (Wildman–Crippen MR) is 50.8 cm³/mol. The van der Waals surface area contributed by atoms with E-state index in [0.29, 0.717) is 0 Å². The number of alkyl halides is 2. The first-order valence-electron chi connectivity index (χ1n) is 4.06. The van der Waals surface area contributed by atoms with E-state index in [1.807, 2.05) is 0 Å². The lowest BCUT2D eigenvalue weighted by atomic mass is 10.2. The summed E-state index contributed by atoms with van der Waals surface area (Å²) < 4.78 is 4.75. The number of ether oxygens (including phenoxy) is 1. The molecule has 0 bridgehead atoms. The van der Waals surface area contributed by atoms with Gasteiger partial charge in [0.1, 0.15) is 12.5 Å². The van der Waals surface area contributed by atoms with Gasteiger partial charge >= 0.3 is 5.97 Å².